The summed E-state index contributed by atoms with van der Waals surface area (Å²) in [6, 6.07) is 1.92. The van der Waals surface area contributed by atoms with Crippen LogP contribution in [0.2, 0.25) is 0 Å². The van der Waals surface area contributed by atoms with E-state index in [-0.39, 0.29) is 0 Å². The summed E-state index contributed by atoms with van der Waals surface area (Å²) in [6.07, 6.45) is 0. The number of rotatable bonds is 2. The fraction of sp³-hybridized carbons (Fsp3) is 0.667. The second-order valence-corrected chi connectivity index (χ2v) is 4.07. The van der Waals surface area contributed by atoms with Crippen LogP contribution in [-0.2, 0) is 6.54 Å². The second kappa shape index (κ2) is 2.82. The zero-order chi connectivity index (χ0) is 9.47. The van der Waals surface area contributed by atoms with E-state index in [0.29, 0.717) is 0 Å². The van der Waals surface area contributed by atoms with E-state index >= 15 is 0 Å². The number of hydrogen-bond donors (Lipinski definition) is 1. The molecule has 1 aliphatic heterocycles. The van der Waals surface area contributed by atoms with Crippen molar-refractivity contribution in [2.45, 2.75) is 26.0 Å². The predicted molar refractivity (Wildman–Crippen MR) is 47.1 cm³/mol. The molecule has 0 saturated carbocycles. The van der Waals surface area contributed by atoms with Gasteiger partial charge in [0.15, 0.2) is 0 Å². The Morgan fingerprint density at radius 1 is 1.69 bits per heavy atom. The lowest BCUT2D eigenvalue weighted by Crippen LogP contribution is -2.59. The van der Waals surface area contributed by atoms with Gasteiger partial charge in [0.25, 0.3) is 0 Å². The molecule has 0 spiro atoms. The first kappa shape index (κ1) is 8.72. The van der Waals surface area contributed by atoms with Crippen molar-refractivity contribution < 1.29 is 9.63 Å². The zero-order valence-corrected chi connectivity index (χ0v) is 7.95. The van der Waals surface area contributed by atoms with E-state index in [4.69, 9.17) is 4.52 Å². The second-order valence-electron chi connectivity index (χ2n) is 4.07. The summed E-state index contributed by atoms with van der Waals surface area (Å²) in [5, 5.41) is 13.4. The molecule has 1 aromatic heterocycles. The van der Waals surface area contributed by atoms with Crippen LogP contribution in [0.5, 0.6) is 0 Å². The number of likely N-dealkylation sites (tertiary alicyclic amines) is 1. The van der Waals surface area contributed by atoms with Crippen LogP contribution in [0.15, 0.2) is 10.6 Å². The van der Waals surface area contributed by atoms with E-state index in [0.717, 1.165) is 31.1 Å². The molecular weight excluding hydrogens is 168 g/mol. The quantitative estimate of drug-likeness (QED) is 0.725. The number of hydrogen-bond acceptors (Lipinski definition) is 4. The number of aliphatic hydroxyl groups is 1. The molecule has 0 bridgehead atoms. The zero-order valence-electron chi connectivity index (χ0n) is 7.95. The molecule has 0 aromatic carbocycles. The summed E-state index contributed by atoms with van der Waals surface area (Å²) in [4.78, 5) is 2.14. The summed E-state index contributed by atoms with van der Waals surface area (Å²) in [6.45, 7) is 5.94. The maximum Gasteiger partial charge on any atom is 0.133 e. The van der Waals surface area contributed by atoms with Crippen LogP contribution in [0, 0.1) is 6.92 Å². The molecule has 4 nitrogen and oxygen atoms in total. The Morgan fingerprint density at radius 2 is 2.38 bits per heavy atom. The number of β-amino-alcohol motifs (C(OH)–C–C–N with tert-alkyl or cyclic N) is 1. The molecule has 1 aromatic rings. The number of aromatic nitrogens is 1. The van der Waals surface area contributed by atoms with E-state index in [1.807, 2.05) is 19.9 Å². The van der Waals surface area contributed by atoms with Gasteiger partial charge in [0.1, 0.15) is 5.76 Å². The molecule has 1 fully saturated rings. The molecule has 4 heteroatoms. The molecule has 1 aliphatic rings. The minimum atomic E-state index is -0.501. The highest BCUT2D eigenvalue weighted by Gasteiger charge is 2.36. The van der Waals surface area contributed by atoms with Crippen molar-refractivity contribution in [3.8, 4) is 0 Å². The average Bonchev–Trinajstić information content (AvgIpc) is 2.31. The van der Waals surface area contributed by atoms with Crippen LogP contribution < -0.4 is 0 Å². The monoisotopic (exact) mass is 182 g/mol. The Labute approximate surface area is 77.1 Å². The van der Waals surface area contributed by atoms with E-state index in [9.17, 15) is 5.11 Å². The van der Waals surface area contributed by atoms with Crippen LogP contribution in [-0.4, -0.2) is 33.9 Å². The van der Waals surface area contributed by atoms with Gasteiger partial charge in [0, 0.05) is 25.7 Å². The Bertz CT molecular complexity index is 298. The molecule has 72 valence electrons. The van der Waals surface area contributed by atoms with Gasteiger partial charge in [-0.25, -0.2) is 0 Å². The van der Waals surface area contributed by atoms with Crippen molar-refractivity contribution in [1.82, 2.24) is 10.1 Å². The molecular formula is C9H14N2O2. The molecule has 2 heterocycles. The van der Waals surface area contributed by atoms with Crippen molar-refractivity contribution in [1.29, 1.82) is 0 Å². The highest BCUT2D eigenvalue weighted by atomic mass is 16.5. The molecule has 1 N–H and O–H groups in total. The van der Waals surface area contributed by atoms with Gasteiger partial charge >= 0.3 is 0 Å². The predicted octanol–water partition coefficient (Wildman–Crippen LogP) is 0.550. The van der Waals surface area contributed by atoms with Crippen LogP contribution in [0.3, 0.4) is 0 Å². The first-order valence-electron chi connectivity index (χ1n) is 4.42. The minimum absolute atomic E-state index is 0.501. The highest BCUT2D eigenvalue weighted by molar-refractivity contribution is 5.05. The molecule has 0 amide bonds. The van der Waals surface area contributed by atoms with E-state index < -0.39 is 5.60 Å². The molecule has 0 unspecified atom stereocenters. The molecule has 0 atom stereocenters. The smallest absolute Gasteiger partial charge is 0.133 e. The normalized spacial score (nSPS) is 21.5. The first-order chi connectivity index (χ1) is 6.05. The van der Waals surface area contributed by atoms with Gasteiger partial charge in [-0.3, -0.25) is 4.90 Å². The Balaban J connectivity index is 1.87. The largest absolute Gasteiger partial charge is 0.388 e. The lowest BCUT2D eigenvalue weighted by molar-refractivity contribution is -0.0878. The van der Waals surface area contributed by atoms with Crippen molar-refractivity contribution in [3.63, 3.8) is 0 Å². The fourth-order valence-electron chi connectivity index (χ4n) is 1.75. The number of aryl methyl sites for hydroxylation is 1. The van der Waals surface area contributed by atoms with E-state index in [2.05, 4.69) is 10.1 Å². The van der Waals surface area contributed by atoms with Crippen LogP contribution >= 0.6 is 0 Å². The molecule has 0 radical (unpaired) electrons. The van der Waals surface area contributed by atoms with Gasteiger partial charge in [0.05, 0.1) is 11.3 Å². The molecule has 1 saturated heterocycles. The third kappa shape index (κ3) is 1.89. The van der Waals surface area contributed by atoms with Crippen LogP contribution in [0.25, 0.3) is 0 Å². The maximum atomic E-state index is 9.48. The summed E-state index contributed by atoms with van der Waals surface area (Å²) in [5.74, 6) is 0.835. The van der Waals surface area contributed by atoms with Crippen LogP contribution in [0.4, 0.5) is 0 Å². The lowest BCUT2D eigenvalue weighted by Gasteiger charge is -2.43. The standard InChI is InChI=1S/C9H14N2O2/c1-7-3-8(10-13-7)4-11-5-9(2,12)6-11/h3,12H,4-6H2,1-2H3. The molecule has 0 aliphatic carbocycles. The van der Waals surface area contributed by atoms with E-state index in [1.54, 1.807) is 0 Å². The van der Waals surface area contributed by atoms with Gasteiger partial charge in [-0.1, -0.05) is 5.16 Å². The van der Waals surface area contributed by atoms with Crippen molar-refractivity contribution in [3.05, 3.63) is 17.5 Å². The average molecular weight is 182 g/mol. The van der Waals surface area contributed by atoms with Gasteiger partial charge < -0.3 is 9.63 Å². The Hall–Kier alpha value is -0.870. The summed E-state index contributed by atoms with van der Waals surface area (Å²) < 4.78 is 4.95. The van der Waals surface area contributed by atoms with Crippen LogP contribution in [0.1, 0.15) is 18.4 Å². The Kier molecular flexibility index (Phi) is 1.89. The van der Waals surface area contributed by atoms with Crippen molar-refractivity contribution in [2.24, 2.45) is 0 Å². The van der Waals surface area contributed by atoms with Gasteiger partial charge in [-0.2, -0.15) is 0 Å². The minimum Gasteiger partial charge on any atom is -0.388 e. The third-order valence-electron chi connectivity index (χ3n) is 2.19. The third-order valence-corrected chi connectivity index (χ3v) is 2.19. The molecule has 13 heavy (non-hydrogen) atoms. The maximum absolute atomic E-state index is 9.48. The van der Waals surface area contributed by atoms with Gasteiger partial charge in [-0.05, 0) is 13.8 Å². The van der Waals surface area contributed by atoms with Gasteiger partial charge in [0.2, 0.25) is 0 Å². The Morgan fingerprint density at radius 3 is 2.85 bits per heavy atom. The van der Waals surface area contributed by atoms with Gasteiger partial charge in [-0.15, -0.1) is 0 Å². The highest BCUT2D eigenvalue weighted by Crippen LogP contribution is 2.21. The topological polar surface area (TPSA) is 49.5 Å². The molecule has 2 rings (SSSR count). The SMILES string of the molecule is Cc1cc(CN2CC(C)(O)C2)no1. The summed E-state index contributed by atoms with van der Waals surface area (Å²) in [5.41, 5.74) is 0.437. The fourth-order valence-corrected chi connectivity index (χ4v) is 1.75. The van der Waals surface area contributed by atoms with Crippen molar-refractivity contribution in [2.75, 3.05) is 13.1 Å². The summed E-state index contributed by atoms with van der Waals surface area (Å²) >= 11 is 0. The number of nitrogens with zero attached hydrogens (tertiary/aromatic N) is 2. The first-order valence-corrected chi connectivity index (χ1v) is 4.42. The summed E-state index contributed by atoms with van der Waals surface area (Å²) in [7, 11) is 0. The van der Waals surface area contributed by atoms with Crippen molar-refractivity contribution >= 4 is 0 Å². The van der Waals surface area contributed by atoms with E-state index in [1.165, 1.54) is 0 Å². The lowest BCUT2D eigenvalue weighted by atomic mass is 9.97.